The Labute approximate surface area is 123 Å². The van der Waals surface area contributed by atoms with Crippen molar-refractivity contribution in [1.82, 2.24) is 9.88 Å². The van der Waals surface area contributed by atoms with E-state index in [0.717, 1.165) is 29.3 Å². The number of carbonyl (C=O) groups excluding carboxylic acids is 2. The lowest BCUT2D eigenvalue weighted by Gasteiger charge is -2.14. The van der Waals surface area contributed by atoms with Crippen LogP contribution in [0.15, 0.2) is 48.9 Å². The second-order valence-electron chi connectivity index (χ2n) is 4.83. The minimum atomic E-state index is 0.532. The van der Waals surface area contributed by atoms with Crippen molar-refractivity contribution in [3.8, 4) is 0 Å². The van der Waals surface area contributed by atoms with Crippen molar-refractivity contribution in [2.75, 3.05) is 14.1 Å². The fraction of sp³-hybridized carbons (Fsp3) is 0.118. The van der Waals surface area contributed by atoms with Crippen LogP contribution < -0.4 is 0 Å². The molecule has 0 aliphatic carbocycles. The molecule has 1 aromatic heterocycles. The van der Waals surface area contributed by atoms with Crippen LogP contribution in [0.3, 0.4) is 0 Å². The van der Waals surface area contributed by atoms with Gasteiger partial charge in [0.25, 0.3) is 0 Å². The smallest absolute Gasteiger partial charge is 0.152 e. The Morgan fingerprint density at radius 2 is 1.76 bits per heavy atom. The van der Waals surface area contributed by atoms with Gasteiger partial charge < -0.3 is 4.90 Å². The Balaban J connectivity index is 2.58. The maximum absolute atomic E-state index is 11.2. The van der Waals surface area contributed by atoms with E-state index in [1.807, 2.05) is 43.4 Å². The molecule has 0 spiro atoms. The SMILES string of the molecule is CN(C)/C=C(/c1ccc(C=O)cc1)c1ccncc1C=O. The van der Waals surface area contributed by atoms with Crippen LogP contribution in [0.5, 0.6) is 0 Å². The maximum Gasteiger partial charge on any atom is 0.152 e. The summed E-state index contributed by atoms with van der Waals surface area (Å²) in [5, 5.41) is 0. The van der Waals surface area contributed by atoms with Gasteiger partial charge in [-0.2, -0.15) is 0 Å². The standard InChI is InChI=1S/C17H16N2O2/c1-19(2)10-17(14-5-3-13(11-20)4-6-14)16-7-8-18-9-15(16)12-21/h3-12H,1-2H3/b17-10-. The summed E-state index contributed by atoms with van der Waals surface area (Å²) in [6.07, 6.45) is 6.75. The van der Waals surface area contributed by atoms with E-state index in [0.29, 0.717) is 11.1 Å². The zero-order valence-electron chi connectivity index (χ0n) is 12.0. The summed E-state index contributed by atoms with van der Waals surface area (Å²) in [6.45, 7) is 0. The summed E-state index contributed by atoms with van der Waals surface area (Å²) < 4.78 is 0. The minimum Gasteiger partial charge on any atom is -0.383 e. The molecule has 1 aromatic carbocycles. The number of hydrogen-bond donors (Lipinski definition) is 0. The quantitative estimate of drug-likeness (QED) is 0.790. The number of hydrogen-bond acceptors (Lipinski definition) is 4. The van der Waals surface area contributed by atoms with Gasteiger partial charge in [-0.3, -0.25) is 14.6 Å². The van der Waals surface area contributed by atoms with Gasteiger partial charge >= 0.3 is 0 Å². The second kappa shape index (κ2) is 6.61. The predicted molar refractivity (Wildman–Crippen MR) is 82.2 cm³/mol. The number of aldehydes is 2. The average molecular weight is 280 g/mol. The van der Waals surface area contributed by atoms with Crippen LogP contribution in [0.25, 0.3) is 5.57 Å². The third kappa shape index (κ3) is 3.42. The van der Waals surface area contributed by atoms with E-state index in [2.05, 4.69) is 4.98 Å². The topological polar surface area (TPSA) is 50.3 Å². The zero-order chi connectivity index (χ0) is 15.2. The van der Waals surface area contributed by atoms with Crippen molar-refractivity contribution in [1.29, 1.82) is 0 Å². The summed E-state index contributed by atoms with van der Waals surface area (Å²) >= 11 is 0. The summed E-state index contributed by atoms with van der Waals surface area (Å²) in [5.41, 5.74) is 3.80. The molecule has 0 aliphatic heterocycles. The lowest BCUT2D eigenvalue weighted by Crippen LogP contribution is -2.05. The molecular formula is C17H16N2O2. The van der Waals surface area contributed by atoms with Crippen molar-refractivity contribution >= 4 is 18.1 Å². The van der Waals surface area contributed by atoms with E-state index in [4.69, 9.17) is 0 Å². The first-order chi connectivity index (χ1) is 10.2. The normalized spacial score (nSPS) is 11.0. The predicted octanol–water partition coefficient (Wildman–Crippen LogP) is 2.66. The Morgan fingerprint density at radius 1 is 1.05 bits per heavy atom. The molecule has 4 nitrogen and oxygen atoms in total. The molecule has 2 aromatic rings. The molecule has 0 amide bonds. The Bertz CT molecular complexity index is 673. The molecular weight excluding hydrogens is 264 g/mol. The summed E-state index contributed by atoms with van der Waals surface area (Å²) in [7, 11) is 3.84. The molecule has 106 valence electrons. The van der Waals surface area contributed by atoms with Crippen molar-refractivity contribution in [3.63, 3.8) is 0 Å². The highest BCUT2D eigenvalue weighted by atomic mass is 16.1. The van der Waals surface area contributed by atoms with E-state index in [1.54, 1.807) is 24.5 Å². The number of rotatable bonds is 5. The molecule has 0 unspecified atom stereocenters. The van der Waals surface area contributed by atoms with Crippen LogP contribution in [-0.2, 0) is 0 Å². The lowest BCUT2D eigenvalue weighted by atomic mass is 9.95. The van der Waals surface area contributed by atoms with Crippen LogP contribution in [0.2, 0.25) is 0 Å². The van der Waals surface area contributed by atoms with E-state index < -0.39 is 0 Å². The molecule has 4 heteroatoms. The second-order valence-corrected chi connectivity index (χ2v) is 4.83. The van der Waals surface area contributed by atoms with Crippen molar-refractivity contribution in [2.45, 2.75) is 0 Å². The van der Waals surface area contributed by atoms with Gasteiger partial charge in [-0.1, -0.05) is 24.3 Å². The molecule has 0 aliphatic rings. The van der Waals surface area contributed by atoms with Crippen molar-refractivity contribution in [3.05, 3.63) is 71.2 Å². The monoisotopic (exact) mass is 280 g/mol. The molecule has 2 rings (SSSR count). The molecule has 0 saturated heterocycles. The van der Waals surface area contributed by atoms with Gasteiger partial charge in [-0.05, 0) is 17.2 Å². The molecule has 21 heavy (non-hydrogen) atoms. The van der Waals surface area contributed by atoms with E-state index in [-0.39, 0.29) is 0 Å². The zero-order valence-corrected chi connectivity index (χ0v) is 12.0. The number of pyridine rings is 1. The summed E-state index contributed by atoms with van der Waals surface area (Å²) in [5.74, 6) is 0. The molecule has 0 saturated carbocycles. The van der Waals surface area contributed by atoms with Crippen LogP contribution in [-0.4, -0.2) is 36.6 Å². The molecule has 0 N–H and O–H groups in total. The third-order valence-electron chi connectivity index (χ3n) is 3.01. The third-order valence-corrected chi connectivity index (χ3v) is 3.01. The van der Waals surface area contributed by atoms with E-state index >= 15 is 0 Å². The molecule has 1 heterocycles. The Hall–Kier alpha value is -2.75. The minimum absolute atomic E-state index is 0.532. The van der Waals surface area contributed by atoms with Crippen LogP contribution in [0.1, 0.15) is 31.8 Å². The van der Waals surface area contributed by atoms with Crippen LogP contribution >= 0.6 is 0 Å². The maximum atomic E-state index is 11.2. The number of nitrogens with zero attached hydrogens (tertiary/aromatic N) is 2. The van der Waals surface area contributed by atoms with Gasteiger partial charge in [-0.15, -0.1) is 0 Å². The summed E-state index contributed by atoms with van der Waals surface area (Å²) in [6, 6.07) is 9.07. The number of benzene rings is 1. The van der Waals surface area contributed by atoms with E-state index in [1.165, 1.54) is 0 Å². The highest BCUT2D eigenvalue weighted by Crippen LogP contribution is 2.25. The molecule has 0 radical (unpaired) electrons. The van der Waals surface area contributed by atoms with Gasteiger partial charge in [0.1, 0.15) is 6.29 Å². The van der Waals surface area contributed by atoms with Gasteiger partial charge in [0, 0.05) is 49.4 Å². The van der Waals surface area contributed by atoms with Gasteiger partial charge in [0.05, 0.1) is 0 Å². The molecule has 0 fully saturated rings. The first-order valence-electron chi connectivity index (χ1n) is 6.49. The largest absolute Gasteiger partial charge is 0.383 e. The lowest BCUT2D eigenvalue weighted by molar-refractivity contribution is 0.111. The fourth-order valence-electron chi connectivity index (χ4n) is 2.04. The molecule has 0 atom stereocenters. The van der Waals surface area contributed by atoms with Crippen LogP contribution in [0.4, 0.5) is 0 Å². The van der Waals surface area contributed by atoms with Crippen molar-refractivity contribution in [2.24, 2.45) is 0 Å². The number of carbonyl (C=O) groups is 2. The Morgan fingerprint density at radius 3 is 2.33 bits per heavy atom. The van der Waals surface area contributed by atoms with E-state index in [9.17, 15) is 9.59 Å². The van der Waals surface area contributed by atoms with Crippen LogP contribution in [0, 0.1) is 0 Å². The molecule has 0 bridgehead atoms. The Kier molecular flexibility index (Phi) is 4.61. The van der Waals surface area contributed by atoms with Crippen molar-refractivity contribution < 1.29 is 9.59 Å². The highest BCUT2D eigenvalue weighted by molar-refractivity contribution is 5.90. The average Bonchev–Trinajstić information content (AvgIpc) is 2.52. The highest BCUT2D eigenvalue weighted by Gasteiger charge is 2.10. The first kappa shape index (κ1) is 14.7. The summed E-state index contributed by atoms with van der Waals surface area (Å²) in [4.78, 5) is 27.9. The van der Waals surface area contributed by atoms with Gasteiger partial charge in [0.2, 0.25) is 0 Å². The first-order valence-corrected chi connectivity index (χ1v) is 6.49. The number of aromatic nitrogens is 1. The van der Waals surface area contributed by atoms with Gasteiger partial charge in [-0.25, -0.2) is 0 Å². The fourth-order valence-corrected chi connectivity index (χ4v) is 2.04. The van der Waals surface area contributed by atoms with Gasteiger partial charge in [0.15, 0.2) is 6.29 Å².